The maximum atomic E-state index is 3.55. The van der Waals surface area contributed by atoms with Gasteiger partial charge in [-0.25, -0.2) is 0 Å². The molecular formula is C14H20N2S. The molecule has 0 fully saturated rings. The van der Waals surface area contributed by atoms with Crippen LogP contribution in [-0.2, 0) is 6.42 Å². The molecule has 1 atom stereocenters. The molecule has 0 aliphatic heterocycles. The number of rotatable bonds is 6. The number of benzene rings is 1. The summed E-state index contributed by atoms with van der Waals surface area (Å²) in [6, 6.07) is 9.02. The molecule has 17 heavy (non-hydrogen) atoms. The molecule has 0 saturated heterocycles. The lowest BCUT2D eigenvalue weighted by molar-refractivity contribution is 0.569. The van der Waals surface area contributed by atoms with E-state index in [1.807, 2.05) is 11.8 Å². The maximum absolute atomic E-state index is 3.55. The Hall–Kier alpha value is -0.930. The fraction of sp³-hybridized carbons (Fsp3) is 0.429. The molecule has 0 radical (unpaired) electrons. The first-order valence-corrected chi connectivity index (χ1v) is 7.48. The lowest BCUT2D eigenvalue weighted by Gasteiger charge is -2.12. The fourth-order valence-corrected chi connectivity index (χ4v) is 2.43. The van der Waals surface area contributed by atoms with Crippen molar-refractivity contribution in [2.24, 2.45) is 0 Å². The fourth-order valence-electron chi connectivity index (χ4n) is 2.11. The molecule has 2 rings (SSSR count). The molecule has 0 aliphatic rings. The highest BCUT2D eigenvalue weighted by Crippen LogP contribution is 2.18. The number of H-pyrrole nitrogens is 1. The summed E-state index contributed by atoms with van der Waals surface area (Å²) >= 11 is 1.89. The van der Waals surface area contributed by atoms with E-state index < -0.39 is 0 Å². The highest BCUT2D eigenvalue weighted by atomic mass is 32.2. The van der Waals surface area contributed by atoms with Crippen LogP contribution in [0.3, 0.4) is 0 Å². The molecule has 1 aromatic carbocycles. The first-order valence-electron chi connectivity index (χ1n) is 6.08. The molecule has 0 saturated carbocycles. The van der Waals surface area contributed by atoms with E-state index in [9.17, 15) is 0 Å². The Morgan fingerprint density at radius 2 is 2.18 bits per heavy atom. The number of aromatic amines is 1. The van der Waals surface area contributed by atoms with Gasteiger partial charge >= 0.3 is 0 Å². The molecule has 1 unspecified atom stereocenters. The zero-order chi connectivity index (χ0) is 12.1. The summed E-state index contributed by atoms with van der Waals surface area (Å²) < 4.78 is 0. The summed E-state index contributed by atoms with van der Waals surface area (Å²) in [5.74, 6) is 1.18. The molecule has 3 heteroatoms. The molecule has 0 amide bonds. The first-order chi connectivity index (χ1) is 8.31. The molecule has 0 aliphatic carbocycles. The number of fused-ring (bicyclic) bond motifs is 1. The Balaban J connectivity index is 1.98. The molecule has 0 spiro atoms. The van der Waals surface area contributed by atoms with Crippen LogP contribution >= 0.6 is 11.8 Å². The Morgan fingerprint density at radius 3 is 3.00 bits per heavy atom. The van der Waals surface area contributed by atoms with Crippen LogP contribution in [0.1, 0.15) is 12.5 Å². The largest absolute Gasteiger partial charge is 0.361 e. The zero-order valence-corrected chi connectivity index (χ0v) is 11.3. The van der Waals surface area contributed by atoms with E-state index in [4.69, 9.17) is 0 Å². The van der Waals surface area contributed by atoms with Crippen molar-refractivity contribution in [1.82, 2.24) is 10.3 Å². The normalized spacial score (nSPS) is 13.1. The van der Waals surface area contributed by atoms with E-state index in [1.54, 1.807) is 0 Å². The summed E-state index contributed by atoms with van der Waals surface area (Å²) in [5.41, 5.74) is 2.64. The van der Waals surface area contributed by atoms with Gasteiger partial charge in [-0.05, 0) is 31.2 Å². The van der Waals surface area contributed by atoms with Crippen molar-refractivity contribution in [3.05, 3.63) is 36.0 Å². The molecule has 1 aromatic heterocycles. The van der Waals surface area contributed by atoms with Gasteiger partial charge in [-0.1, -0.05) is 18.2 Å². The van der Waals surface area contributed by atoms with Crippen molar-refractivity contribution in [2.45, 2.75) is 19.4 Å². The summed E-state index contributed by atoms with van der Waals surface area (Å²) in [7, 11) is 0. The second-order valence-electron chi connectivity index (χ2n) is 4.41. The van der Waals surface area contributed by atoms with Crippen LogP contribution in [0.2, 0.25) is 0 Å². The van der Waals surface area contributed by atoms with Gasteiger partial charge in [0.05, 0.1) is 0 Å². The average molecular weight is 248 g/mol. The van der Waals surface area contributed by atoms with Gasteiger partial charge in [0.1, 0.15) is 0 Å². The summed E-state index contributed by atoms with van der Waals surface area (Å²) in [4.78, 5) is 3.33. The second-order valence-corrected chi connectivity index (χ2v) is 5.40. The highest BCUT2D eigenvalue weighted by molar-refractivity contribution is 7.98. The smallest absolute Gasteiger partial charge is 0.0456 e. The van der Waals surface area contributed by atoms with E-state index in [0.717, 1.165) is 13.0 Å². The average Bonchev–Trinajstić information content (AvgIpc) is 2.73. The number of aromatic nitrogens is 1. The van der Waals surface area contributed by atoms with Crippen LogP contribution in [0, 0.1) is 0 Å². The van der Waals surface area contributed by atoms with Gasteiger partial charge in [0.15, 0.2) is 0 Å². The van der Waals surface area contributed by atoms with Crippen molar-refractivity contribution < 1.29 is 0 Å². The minimum atomic E-state index is 0.529. The van der Waals surface area contributed by atoms with Gasteiger partial charge in [0, 0.05) is 35.4 Å². The summed E-state index contributed by atoms with van der Waals surface area (Å²) in [5, 5.41) is 4.90. The number of hydrogen-bond donors (Lipinski definition) is 2. The van der Waals surface area contributed by atoms with Gasteiger partial charge in [-0.2, -0.15) is 11.8 Å². The number of hydrogen-bond acceptors (Lipinski definition) is 2. The lowest BCUT2D eigenvalue weighted by atomic mass is 10.1. The zero-order valence-electron chi connectivity index (χ0n) is 10.5. The van der Waals surface area contributed by atoms with E-state index in [2.05, 4.69) is 53.9 Å². The van der Waals surface area contributed by atoms with Crippen LogP contribution in [0.15, 0.2) is 30.5 Å². The van der Waals surface area contributed by atoms with Gasteiger partial charge in [-0.15, -0.1) is 0 Å². The minimum absolute atomic E-state index is 0.529. The van der Waals surface area contributed by atoms with Crippen molar-refractivity contribution >= 4 is 22.7 Å². The molecule has 0 bridgehead atoms. The van der Waals surface area contributed by atoms with E-state index in [-0.39, 0.29) is 0 Å². The van der Waals surface area contributed by atoms with E-state index in [0.29, 0.717) is 6.04 Å². The van der Waals surface area contributed by atoms with Gasteiger partial charge in [0.25, 0.3) is 0 Å². The Kier molecular flexibility index (Phi) is 4.51. The van der Waals surface area contributed by atoms with E-state index in [1.165, 1.54) is 22.2 Å². The molecule has 2 aromatic rings. The summed E-state index contributed by atoms with van der Waals surface area (Å²) in [6.07, 6.45) is 5.36. The molecule has 92 valence electrons. The Labute approximate surface area is 107 Å². The molecule has 1 heterocycles. The van der Waals surface area contributed by atoms with Crippen molar-refractivity contribution in [3.8, 4) is 0 Å². The number of nitrogens with one attached hydrogen (secondary N) is 2. The monoisotopic (exact) mass is 248 g/mol. The van der Waals surface area contributed by atoms with Crippen LogP contribution < -0.4 is 5.32 Å². The van der Waals surface area contributed by atoms with Crippen LogP contribution in [0.25, 0.3) is 10.9 Å². The minimum Gasteiger partial charge on any atom is -0.361 e. The Morgan fingerprint density at radius 1 is 1.35 bits per heavy atom. The quantitative estimate of drug-likeness (QED) is 0.769. The maximum Gasteiger partial charge on any atom is 0.0456 e. The standard InChI is InChI=1S/C14H20N2S/c1-11(15-7-8-17-2)9-12-10-16-14-6-4-3-5-13(12)14/h3-6,10-11,15-16H,7-9H2,1-2H3. The number of thioether (sulfide) groups is 1. The van der Waals surface area contributed by atoms with E-state index >= 15 is 0 Å². The van der Waals surface area contributed by atoms with Crippen molar-refractivity contribution in [3.63, 3.8) is 0 Å². The predicted octanol–water partition coefficient (Wildman–Crippen LogP) is 3.05. The van der Waals surface area contributed by atoms with Crippen molar-refractivity contribution in [1.29, 1.82) is 0 Å². The third-order valence-corrected chi connectivity index (χ3v) is 3.61. The molecule has 2 nitrogen and oxygen atoms in total. The molecular weight excluding hydrogens is 228 g/mol. The van der Waals surface area contributed by atoms with Crippen LogP contribution in [0.4, 0.5) is 0 Å². The Bertz CT molecular complexity index is 464. The second kappa shape index (κ2) is 6.12. The van der Waals surface area contributed by atoms with Crippen molar-refractivity contribution in [2.75, 3.05) is 18.6 Å². The van der Waals surface area contributed by atoms with Gasteiger partial charge < -0.3 is 10.3 Å². The third-order valence-electron chi connectivity index (χ3n) is 3.00. The topological polar surface area (TPSA) is 27.8 Å². The lowest BCUT2D eigenvalue weighted by Crippen LogP contribution is -2.29. The predicted molar refractivity (Wildman–Crippen MR) is 77.8 cm³/mol. The van der Waals surface area contributed by atoms with Gasteiger partial charge in [-0.3, -0.25) is 0 Å². The third kappa shape index (κ3) is 3.27. The molecule has 2 N–H and O–H groups in total. The SMILES string of the molecule is CSCCNC(C)Cc1c[nH]c2ccccc12. The highest BCUT2D eigenvalue weighted by Gasteiger charge is 2.07. The van der Waals surface area contributed by atoms with Crippen LogP contribution in [-0.4, -0.2) is 29.6 Å². The first kappa shape index (κ1) is 12.5. The van der Waals surface area contributed by atoms with Gasteiger partial charge in [0.2, 0.25) is 0 Å². The summed E-state index contributed by atoms with van der Waals surface area (Å²) in [6.45, 7) is 3.34. The number of para-hydroxylation sites is 1. The van der Waals surface area contributed by atoms with Crippen LogP contribution in [0.5, 0.6) is 0 Å².